The predicted molar refractivity (Wildman–Crippen MR) is 125 cm³/mol. The summed E-state index contributed by atoms with van der Waals surface area (Å²) >= 11 is 0. The Bertz CT molecular complexity index is 1250. The monoisotopic (exact) mass is 447 g/mol. The van der Waals surface area contributed by atoms with E-state index in [0.29, 0.717) is 18.3 Å². The summed E-state index contributed by atoms with van der Waals surface area (Å²) in [7, 11) is 1.80. The van der Waals surface area contributed by atoms with Gasteiger partial charge in [-0.3, -0.25) is 5.10 Å². The fourth-order valence-electron chi connectivity index (χ4n) is 5.42. The van der Waals surface area contributed by atoms with Crippen LogP contribution >= 0.6 is 0 Å². The summed E-state index contributed by atoms with van der Waals surface area (Å²) < 4.78 is 12.5. The second kappa shape index (κ2) is 7.20. The van der Waals surface area contributed by atoms with Crippen LogP contribution in [0.25, 0.3) is 22.0 Å². The molecule has 3 atom stereocenters. The minimum absolute atomic E-state index is 0.0316. The third kappa shape index (κ3) is 3.45. The molecular formula is C25H29N5O3. The number of hydrogen-bond donors (Lipinski definition) is 2. The Morgan fingerprint density at radius 3 is 2.73 bits per heavy atom. The van der Waals surface area contributed by atoms with Crippen molar-refractivity contribution in [1.82, 2.24) is 15.3 Å². The van der Waals surface area contributed by atoms with Gasteiger partial charge in [0.15, 0.2) is 0 Å². The first-order valence-electron chi connectivity index (χ1n) is 11.5. The molecule has 0 saturated carbocycles. The van der Waals surface area contributed by atoms with E-state index >= 15 is 0 Å². The van der Waals surface area contributed by atoms with E-state index in [1.54, 1.807) is 12.1 Å². The van der Waals surface area contributed by atoms with Gasteiger partial charge in [0.05, 0.1) is 22.9 Å². The topological polar surface area (TPSA) is 98.0 Å². The fourth-order valence-corrected chi connectivity index (χ4v) is 5.42. The predicted octanol–water partition coefficient (Wildman–Crippen LogP) is 3.93. The summed E-state index contributed by atoms with van der Waals surface area (Å²) in [5, 5.41) is 9.82. The van der Waals surface area contributed by atoms with Crippen LogP contribution in [-0.4, -0.2) is 46.6 Å². The van der Waals surface area contributed by atoms with E-state index in [0.717, 1.165) is 52.8 Å². The van der Waals surface area contributed by atoms with Crippen molar-refractivity contribution < 1.29 is 14.3 Å². The molecular weight excluding hydrogens is 418 g/mol. The summed E-state index contributed by atoms with van der Waals surface area (Å²) in [5.41, 5.74) is 9.17. The van der Waals surface area contributed by atoms with E-state index in [1.807, 2.05) is 12.3 Å². The molecule has 8 nitrogen and oxygen atoms in total. The van der Waals surface area contributed by atoms with Crippen LogP contribution in [0.4, 0.5) is 0 Å². The number of hydrogen-bond acceptors (Lipinski definition) is 7. The number of aromatic nitrogens is 2. The van der Waals surface area contributed by atoms with Gasteiger partial charge >= 0.3 is 0 Å². The van der Waals surface area contributed by atoms with Crippen molar-refractivity contribution in [1.29, 1.82) is 0 Å². The number of nitrogens with zero attached hydrogens (tertiary/aromatic N) is 3. The lowest BCUT2D eigenvalue weighted by Gasteiger charge is -2.44. The Labute approximate surface area is 192 Å². The summed E-state index contributed by atoms with van der Waals surface area (Å²) in [6.45, 7) is 5.02. The largest absolute Gasteiger partial charge is 0.489 e. The highest BCUT2D eigenvalue weighted by Crippen LogP contribution is 2.50. The van der Waals surface area contributed by atoms with Crippen molar-refractivity contribution in [2.75, 3.05) is 13.7 Å². The minimum atomic E-state index is -0.895. The van der Waals surface area contributed by atoms with Gasteiger partial charge in [-0.05, 0) is 56.0 Å². The number of nitrogens with two attached hydrogens (primary N) is 1. The fraction of sp³-hybridized carbons (Fsp3) is 0.440. The van der Waals surface area contributed by atoms with Crippen LogP contribution in [0.15, 0.2) is 47.6 Å². The van der Waals surface area contributed by atoms with Gasteiger partial charge in [-0.1, -0.05) is 18.2 Å². The number of aromatic amines is 1. The molecule has 0 radical (unpaired) electrons. The molecule has 8 heteroatoms. The van der Waals surface area contributed by atoms with Crippen molar-refractivity contribution >= 4 is 16.9 Å². The van der Waals surface area contributed by atoms with Crippen LogP contribution < -0.4 is 10.5 Å². The van der Waals surface area contributed by atoms with E-state index < -0.39 is 5.72 Å². The average Bonchev–Trinajstić information content (AvgIpc) is 3.36. The van der Waals surface area contributed by atoms with Crippen molar-refractivity contribution in [3.05, 3.63) is 48.2 Å². The van der Waals surface area contributed by atoms with Crippen molar-refractivity contribution in [2.45, 2.75) is 50.5 Å². The number of aliphatic imine (C=N–C) groups is 1. The van der Waals surface area contributed by atoms with Gasteiger partial charge < -0.3 is 15.2 Å². The molecule has 6 rings (SSSR count). The van der Waals surface area contributed by atoms with Crippen molar-refractivity contribution in [3.8, 4) is 16.9 Å². The van der Waals surface area contributed by atoms with Crippen molar-refractivity contribution in [3.63, 3.8) is 0 Å². The Balaban J connectivity index is 1.41. The highest BCUT2D eigenvalue weighted by molar-refractivity contribution is 5.84. The highest BCUT2D eigenvalue weighted by Gasteiger charge is 2.51. The summed E-state index contributed by atoms with van der Waals surface area (Å²) in [4.78, 5) is 11.2. The van der Waals surface area contributed by atoms with Crippen LogP contribution in [-0.2, 0) is 15.3 Å². The van der Waals surface area contributed by atoms with Gasteiger partial charge in [0.2, 0.25) is 11.7 Å². The van der Waals surface area contributed by atoms with Crippen molar-refractivity contribution in [2.24, 2.45) is 16.6 Å². The molecule has 0 amide bonds. The quantitative estimate of drug-likeness (QED) is 0.618. The number of guanidine groups is 1. The molecule has 33 heavy (non-hydrogen) atoms. The number of nitrogens with one attached hydrogen (secondary N) is 1. The second-order valence-electron chi connectivity index (χ2n) is 9.95. The average molecular weight is 448 g/mol. The summed E-state index contributed by atoms with van der Waals surface area (Å²) in [6, 6.07) is 12.5. The van der Waals surface area contributed by atoms with Crippen LogP contribution in [0.1, 0.15) is 38.7 Å². The Kier molecular flexibility index (Phi) is 4.47. The van der Waals surface area contributed by atoms with Crippen LogP contribution in [0.3, 0.4) is 0 Å². The SMILES string of the molecule is CN1OC2(CC(C3CCOC(C)(C)C3)Oc3ccc(-c4ccc5cn[nH]c5c4)cc32)N=C1N. The van der Waals surface area contributed by atoms with Gasteiger partial charge in [-0.25, -0.2) is 14.9 Å². The number of rotatable bonds is 2. The van der Waals surface area contributed by atoms with E-state index in [1.165, 1.54) is 0 Å². The summed E-state index contributed by atoms with van der Waals surface area (Å²) in [6.07, 6.45) is 4.29. The first-order valence-corrected chi connectivity index (χ1v) is 11.5. The number of fused-ring (bicyclic) bond motifs is 3. The molecule has 1 saturated heterocycles. The zero-order valence-corrected chi connectivity index (χ0v) is 19.2. The Morgan fingerprint density at radius 1 is 1.12 bits per heavy atom. The zero-order chi connectivity index (χ0) is 22.8. The van der Waals surface area contributed by atoms with E-state index in [9.17, 15) is 0 Å². The molecule has 0 aliphatic carbocycles. The third-order valence-corrected chi connectivity index (χ3v) is 7.10. The molecule has 2 aromatic carbocycles. The minimum Gasteiger partial charge on any atom is -0.489 e. The molecule has 0 bridgehead atoms. The zero-order valence-electron chi connectivity index (χ0n) is 19.2. The first-order chi connectivity index (χ1) is 15.8. The maximum absolute atomic E-state index is 6.59. The van der Waals surface area contributed by atoms with Gasteiger partial charge in [0, 0.05) is 31.4 Å². The van der Waals surface area contributed by atoms with E-state index in [4.69, 9.17) is 25.0 Å². The lowest BCUT2D eigenvalue weighted by Crippen LogP contribution is -2.46. The molecule has 1 spiro atoms. The number of benzene rings is 2. The molecule has 172 valence electrons. The Hall–Kier alpha value is -3.10. The van der Waals surface area contributed by atoms with Gasteiger partial charge in [-0.15, -0.1) is 0 Å². The number of hydroxylamine groups is 2. The van der Waals surface area contributed by atoms with Crippen LogP contribution in [0.2, 0.25) is 0 Å². The lowest BCUT2D eigenvalue weighted by atomic mass is 9.79. The molecule has 4 heterocycles. The van der Waals surface area contributed by atoms with Gasteiger partial charge in [0.25, 0.3) is 0 Å². The van der Waals surface area contributed by atoms with E-state index in [2.05, 4.69) is 54.4 Å². The molecule has 3 aromatic rings. The molecule has 1 fully saturated rings. The van der Waals surface area contributed by atoms with Crippen LogP contribution in [0.5, 0.6) is 5.75 Å². The normalized spacial score (nSPS) is 28.6. The number of H-pyrrole nitrogens is 1. The highest BCUT2D eigenvalue weighted by atomic mass is 16.7. The molecule has 3 N–H and O–H groups in total. The number of ether oxygens (including phenoxy) is 2. The second-order valence-corrected chi connectivity index (χ2v) is 9.95. The Morgan fingerprint density at radius 2 is 1.94 bits per heavy atom. The maximum atomic E-state index is 6.59. The smallest absolute Gasteiger partial charge is 0.221 e. The molecule has 3 aliphatic heterocycles. The molecule has 1 aromatic heterocycles. The molecule has 3 aliphatic rings. The van der Waals surface area contributed by atoms with E-state index in [-0.39, 0.29) is 11.7 Å². The third-order valence-electron chi connectivity index (χ3n) is 7.10. The van der Waals surface area contributed by atoms with Crippen LogP contribution in [0, 0.1) is 5.92 Å². The maximum Gasteiger partial charge on any atom is 0.221 e. The molecule has 3 unspecified atom stereocenters. The van der Waals surface area contributed by atoms with Gasteiger partial charge in [0.1, 0.15) is 11.9 Å². The first kappa shape index (κ1) is 20.5. The summed E-state index contributed by atoms with van der Waals surface area (Å²) in [5.74, 6) is 1.53. The standard InChI is InChI=1S/C25H29N5O3/c1-24(2)12-17(8-9-31-24)22-13-25(28-23(26)30(3)33-25)19-10-15(6-7-21(19)32-22)16-4-5-18-14-27-29-20(18)11-16/h4-7,10-11,14,17,22H,8-9,12-13H2,1-3H3,(H2,26,28)(H,27,29). The van der Waals surface area contributed by atoms with Gasteiger partial charge in [-0.2, -0.15) is 5.10 Å². The lowest BCUT2D eigenvalue weighted by molar-refractivity contribution is -0.198.